The Balaban J connectivity index is 2.24. The molecule has 0 radical (unpaired) electrons. The van der Waals surface area contributed by atoms with Crippen molar-refractivity contribution in [3.63, 3.8) is 0 Å². The summed E-state index contributed by atoms with van der Waals surface area (Å²) >= 11 is 0. The van der Waals surface area contributed by atoms with Crippen LogP contribution in [0.5, 0.6) is 11.5 Å². The first kappa shape index (κ1) is 21.4. The molecule has 8 nitrogen and oxygen atoms in total. The maximum absolute atomic E-state index is 11.9. The minimum Gasteiger partial charge on any atom is -0.508 e. The molecule has 2 amide bonds. The molecule has 1 rings (SSSR count). The quantitative estimate of drug-likeness (QED) is 0.258. The molecule has 0 atom stereocenters. The number of rotatable bonds is 11. The molecule has 0 aliphatic carbocycles. The molecular formula is C18H27N3O5. The molecule has 0 fully saturated rings. The first-order valence-corrected chi connectivity index (χ1v) is 8.66. The molecule has 26 heavy (non-hydrogen) atoms. The highest BCUT2D eigenvalue weighted by Gasteiger charge is 2.10. The van der Waals surface area contributed by atoms with Gasteiger partial charge in [0.15, 0.2) is 0 Å². The van der Waals surface area contributed by atoms with Gasteiger partial charge in [-0.05, 0) is 37.5 Å². The number of ether oxygens (including phenoxy) is 1. The number of benzene rings is 1. The molecule has 0 unspecified atom stereocenters. The Morgan fingerprint density at radius 3 is 2.35 bits per heavy atom. The van der Waals surface area contributed by atoms with E-state index in [1.54, 1.807) is 0 Å². The number of amides is 2. The van der Waals surface area contributed by atoms with Gasteiger partial charge in [-0.15, -0.1) is 0 Å². The number of esters is 1. The zero-order valence-corrected chi connectivity index (χ0v) is 15.0. The first-order valence-electron chi connectivity index (χ1n) is 8.66. The van der Waals surface area contributed by atoms with Gasteiger partial charge in [-0.2, -0.15) is 0 Å². The van der Waals surface area contributed by atoms with Gasteiger partial charge in [0.25, 0.3) is 0 Å². The van der Waals surface area contributed by atoms with Crippen LogP contribution in [0, 0.1) is 0 Å². The number of nitrogens with two attached hydrogens (primary N) is 1. The number of phenols is 1. The van der Waals surface area contributed by atoms with Crippen LogP contribution in [0.2, 0.25) is 0 Å². The summed E-state index contributed by atoms with van der Waals surface area (Å²) in [6.45, 7) is 2.74. The van der Waals surface area contributed by atoms with Crippen molar-refractivity contribution in [3.05, 3.63) is 23.8 Å². The van der Waals surface area contributed by atoms with Crippen molar-refractivity contribution >= 4 is 17.8 Å². The van der Waals surface area contributed by atoms with Gasteiger partial charge in [-0.25, -0.2) is 0 Å². The number of hydrogen-bond acceptors (Lipinski definition) is 6. The molecule has 0 aliphatic heterocycles. The zero-order valence-electron chi connectivity index (χ0n) is 15.0. The number of carbonyl (C=O) groups is 3. The van der Waals surface area contributed by atoms with Crippen molar-refractivity contribution < 1.29 is 24.2 Å². The molecule has 0 saturated carbocycles. The SMILES string of the molecule is CC(=O)Oc1ccc(O)c(CC(=O)NCCCCCNC(=O)CCN)c1. The van der Waals surface area contributed by atoms with E-state index in [-0.39, 0.29) is 29.7 Å². The number of unbranched alkanes of at least 4 members (excludes halogenated alkanes) is 2. The second-order valence-electron chi connectivity index (χ2n) is 5.86. The van der Waals surface area contributed by atoms with Crippen molar-refractivity contribution in [3.8, 4) is 11.5 Å². The van der Waals surface area contributed by atoms with Crippen LogP contribution in [0.3, 0.4) is 0 Å². The Kier molecular flexibility index (Phi) is 9.78. The molecule has 0 spiro atoms. The van der Waals surface area contributed by atoms with Crippen molar-refractivity contribution in [2.75, 3.05) is 19.6 Å². The predicted molar refractivity (Wildman–Crippen MR) is 96.7 cm³/mol. The molecule has 144 valence electrons. The number of aromatic hydroxyl groups is 1. The van der Waals surface area contributed by atoms with E-state index in [2.05, 4.69) is 10.6 Å². The van der Waals surface area contributed by atoms with Crippen LogP contribution in [0.25, 0.3) is 0 Å². The molecule has 5 N–H and O–H groups in total. The fourth-order valence-corrected chi connectivity index (χ4v) is 2.27. The van der Waals surface area contributed by atoms with Crippen LogP contribution >= 0.6 is 0 Å². The lowest BCUT2D eigenvalue weighted by molar-refractivity contribution is -0.132. The lowest BCUT2D eigenvalue weighted by Crippen LogP contribution is -2.27. The van der Waals surface area contributed by atoms with Gasteiger partial charge in [0.2, 0.25) is 11.8 Å². The summed E-state index contributed by atoms with van der Waals surface area (Å²) in [7, 11) is 0. The molecule has 0 heterocycles. The van der Waals surface area contributed by atoms with Crippen LogP contribution in [0.1, 0.15) is 38.2 Å². The van der Waals surface area contributed by atoms with Crippen molar-refractivity contribution in [1.82, 2.24) is 10.6 Å². The van der Waals surface area contributed by atoms with E-state index in [0.717, 1.165) is 19.3 Å². The zero-order chi connectivity index (χ0) is 19.4. The Hall–Kier alpha value is -2.61. The Labute approximate surface area is 153 Å². The molecule has 0 aromatic heterocycles. The molecule has 0 bridgehead atoms. The summed E-state index contributed by atoms with van der Waals surface area (Å²) in [4.78, 5) is 34.1. The minimum atomic E-state index is -0.467. The van der Waals surface area contributed by atoms with E-state index in [9.17, 15) is 19.5 Å². The van der Waals surface area contributed by atoms with E-state index in [0.29, 0.717) is 31.6 Å². The van der Waals surface area contributed by atoms with Crippen LogP contribution in [0.15, 0.2) is 18.2 Å². The molecule has 0 saturated heterocycles. The van der Waals surface area contributed by atoms with Crippen LogP contribution < -0.4 is 21.1 Å². The van der Waals surface area contributed by atoms with Gasteiger partial charge >= 0.3 is 5.97 Å². The van der Waals surface area contributed by atoms with Gasteiger partial charge in [0.05, 0.1) is 6.42 Å². The van der Waals surface area contributed by atoms with E-state index < -0.39 is 5.97 Å². The maximum Gasteiger partial charge on any atom is 0.308 e. The highest BCUT2D eigenvalue weighted by molar-refractivity contribution is 5.79. The number of hydrogen-bond donors (Lipinski definition) is 4. The average molecular weight is 365 g/mol. The largest absolute Gasteiger partial charge is 0.508 e. The van der Waals surface area contributed by atoms with Gasteiger partial charge in [-0.3, -0.25) is 14.4 Å². The Morgan fingerprint density at radius 2 is 1.73 bits per heavy atom. The Morgan fingerprint density at radius 1 is 1.08 bits per heavy atom. The molecule has 1 aromatic rings. The molecule has 0 aliphatic rings. The summed E-state index contributed by atoms with van der Waals surface area (Å²) in [5, 5.41) is 15.4. The smallest absolute Gasteiger partial charge is 0.308 e. The third-order valence-electron chi connectivity index (χ3n) is 3.53. The average Bonchev–Trinajstić information content (AvgIpc) is 2.57. The third kappa shape index (κ3) is 9.03. The van der Waals surface area contributed by atoms with E-state index in [1.807, 2.05) is 0 Å². The molecule has 8 heteroatoms. The van der Waals surface area contributed by atoms with Gasteiger partial charge < -0.3 is 26.2 Å². The van der Waals surface area contributed by atoms with Gasteiger partial charge in [0, 0.05) is 38.5 Å². The fraction of sp³-hybridized carbons (Fsp3) is 0.500. The number of nitrogens with one attached hydrogen (secondary N) is 2. The predicted octanol–water partition coefficient (Wildman–Crippen LogP) is 0.612. The lowest BCUT2D eigenvalue weighted by Gasteiger charge is -2.09. The van der Waals surface area contributed by atoms with Gasteiger partial charge in [0.1, 0.15) is 11.5 Å². The number of phenolic OH excluding ortho intramolecular Hbond substituents is 1. The number of carbonyl (C=O) groups excluding carboxylic acids is 3. The fourth-order valence-electron chi connectivity index (χ4n) is 2.27. The monoisotopic (exact) mass is 365 g/mol. The van der Waals surface area contributed by atoms with Gasteiger partial charge in [-0.1, -0.05) is 0 Å². The molecule has 1 aromatic carbocycles. The minimum absolute atomic E-state index is 0.00388. The summed E-state index contributed by atoms with van der Waals surface area (Å²) in [5.74, 6) is -0.475. The second kappa shape index (κ2) is 11.9. The van der Waals surface area contributed by atoms with Crippen LogP contribution in [0.4, 0.5) is 0 Å². The summed E-state index contributed by atoms with van der Waals surface area (Å²) in [6, 6.07) is 4.32. The standard InChI is InChI=1S/C18H27N3O5/c1-13(22)26-15-5-6-16(23)14(11-15)12-18(25)21-10-4-2-3-9-20-17(24)7-8-19/h5-6,11,23H,2-4,7-10,12,19H2,1H3,(H,20,24)(H,21,25). The second-order valence-corrected chi connectivity index (χ2v) is 5.86. The third-order valence-corrected chi connectivity index (χ3v) is 3.53. The summed E-state index contributed by atoms with van der Waals surface area (Å²) in [5.41, 5.74) is 5.68. The molecular weight excluding hydrogens is 338 g/mol. The van der Waals surface area contributed by atoms with Crippen LogP contribution in [-0.4, -0.2) is 42.5 Å². The van der Waals surface area contributed by atoms with E-state index >= 15 is 0 Å². The summed E-state index contributed by atoms with van der Waals surface area (Å²) in [6.07, 6.45) is 2.82. The van der Waals surface area contributed by atoms with E-state index in [4.69, 9.17) is 10.5 Å². The van der Waals surface area contributed by atoms with Crippen molar-refractivity contribution in [2.24, 2.45) is 5.73 Å². The first-order chi connectivity index (χ1) is 12.4. The maximum atomic E-state index is 11.9. The normalized spacial score (nSPS) is 10.2. The topological polar surface area (TPSA) is 131 Å². The highest BCUT2D eigenvalue weighted by atomic mass is 16.5. The lowest BCUT2D eigenvalue weighted by atomic mass is 10.1. The van der Waals surface area contributed by atoms with Crippen molar-refractivity contribution in [2.45, 2.75) is 39.0 Å². The van der Waals surface area contributed by atoms with Crippen LogP contribution in [-0.2, 0) is 20.8 Å². The van der Waals surface area contributed by atoms with Crippen molar-refractivity contribution in [1.29, 1.82) is 0 Å². The Bertz CT molecular complexity index is 619. The van der Waals surface area contributed by atoms with E-state index in [1.165, 1.54) is 25.1 Å². The highest BCUT2D eigenvalue weighted by Crippen LogP contribution is 2.23. The summed E-state index contributed by atoms with van der Waals surface area (Å²) < 4.78 is 4.94.